The first kappa shape index (κ1) is 13.9. The van der Waals surface area contributed by atoms with Crippen molar-refractivity contribution in [1.29, 1.82) is 0 Å². The van der Waals surface area contributed by atoms with Crippen LogP contribution in [0.4, 0.5) is 0 Å². The zero-order valence-electron chi connectivity index (χ0n) is 13.7. The van der Waals surface area contributed by atoms with Crippen molar-refractivity contribution in [1.82, 2.24) is 4.90 Å². The molecule has 1 N–H and O–H groups in total. The smallest absolute Gasteiger partial charge is 0.165 e. The highest BCUT2D eigenvalue weighted by Crippen LogP contribution is 2.62. The van der Waals surface area contributed by atoms with E-state index in [9.17, 15) is 5.11 Å². The summed E-state index contributed by atoms with van der Waals surface area (Å²) in [6, 6.07) is 4.75. The van der Waals surface area contributed by atoms with Gasteiger partial charge in [0.25, 0.3) is 0 Å². The molecule has 122 valence electrons. The quantitative estimate of drug-likeness (QED) is 0.847. The molecule has 1 spiro atoms. The van der Waals surface area contributed by atoms with Crippen molar-refractivity contribution < 1.29 is 14.6 Å². The Morgan fingerprint density at radius 1 is 1.39 bits per heavy atom. The predicted octanol–water partition coefficient (Wildman–Crippen LogP) is 1.89. The standard InChI is InChI=1S/C19H23NO3/c1-3-22-15-7-4-11-10-13-12-5-6-14(21)18-19(12,8-9-20(13)2)16(11)17(15)23-18/h4-7,12-14,18,21H,3,8-10H2,1-2H3/t12?,13?,14-,18-,19?/m0/s1. The molecule has 1 aromatic carbocycles. The van der Waals surface area contributed by atoms with Crippen molar-refractivity contribution in [3.05, 3.63) is 35.4 Å². The molecule has 4 heteroatoms. The maximum atomic E-state index is 10.6. The number of piperidine rings is 1. The molecule has 1 aromatic rings. The Morgan fingerprint density at radius 3 is 3.09 bits per heavy atom. The highest BCUT2D eigenvalue weighted by molar-refractivity contribution is 5.62. The number of aliphatic hydroxyl groups excluding tert-OH is 1. The maximum absolute atomic E-state index is 10.6. The van der Waals surface area contributed by atoms with Crippen molar-refractivity contribution in [3.63, 3.8) is 0 Å². The summed E-state index contributed by atoms with van der Waals surface area (Å²) in [6.07, 6.45) is 5.56. The van der Waals surface area contributed by atoms with E-state index < -0.39 is 6.10 Å². The van der Waals surface area contributed by atoms with Crippen molar-refractivity contribution in [2.75, 3.05) is 20.2 Å². The molecule has 0 radical (unpaired) electrons. The molecule has 2 aliphatic carbocycles. The molecule has 4 aliphatic rings. The first-order valence-corrected chi connectivity index (χ1v) is 8.69. The van der Waals surface area contributed by atoms with E-state index >= 15 is 0 Å². The van der Waals surface area contributed by atoms with Gasteiger partial charge < -0.3 is 19.5 Å². The summed E-state index contributed by atoms with van der Waals surface area (Å²) in [4.78, 5) is 2.48. The summed E-state index contributed by atoms with van der Waals surface area (Å²) in [5.74, 6) is 2.14. The molecule has 5 rings (SSSR count). The van der Waals surface area contributed by atoms with Gasteiger partial charge in [0, 0.05) is 22.9 Å². The molecule has 1 fully saturated rings. The van der Waals surface area contributed by atoms with Gasteiger partial charge in [0.05, 0.1) is 6.61 Å². The number of hydrogen-bond acceptors (Lipinski definition) is 4. The van der Waals surface area contributed by atoms with E-state index in [1.165, 1.54) is 11.1 Å². The first-order chi connectivity index (χ1) is 11.2. The third-order valence-corrected chi connectivity index (χ3v) is 6.43. The number of benzene rings is 1. The van der Waals surface area contributed by atoms with Gasteiger partial charge >= 0.3 is 0 Å². The van der Waals surface area contributed by atoms with Gasteiger partial charge in [-0.3, -0.25) is 0 Å². The summed E-state index contributed by atoms with van der Waals surface area (Å²) in [7, 11) is 2.22. The number of likely N-dealkylation sites (N-methyl/N-ethyl adjacent to an activating group) is 1. The lowest BCUT2D eigenvalue weighted by molar-refractivity contribution is -0.0453. The molecule has 3 unspecified atom stereocenters. The molecule has 2 heterocycles. The molecule has 23 heavy (non-hydrogen) atoms. The molecule has 0 amide bonds. The van der Waals surface area contributed by atoms with Gasteiger partial charge in [-0.25, -0.2) is 0 Å². The Morgan fingerprint density at radius 2 is 2.26 bits per heavy atom. The molecule has 2 bridgehead atoms. The van der Waals surface area contributed by atoms with Crippen LogP contribution in [0.1, 0.15) is 24.5 Å². The molecule has 1 saturated heterocycles. The number of aliphatic hydroxyl groups is 1. The van der Waals surface area contributed by atoms with Crippen molar-refractivity contribution in [2.45, 2.75) is 43.4 Å². The van der Waals surface area contributed by atoms with Gasteiger partial charge in [0.2, 0.25) is 0 Å². The fourth-order valence-electron chi connectivity index (χ4n) is 5.50. The third kappa shape index (κ3) is 1.54. The minimum Gasteiger partial charge on any atom is -0.490 e. The Kier molecular flexibility index (Phi) is 2.73. The van der Waals surface area contributed by atoms with E-state index in [0.29, 0.717) is 18.6 Å². The molecule has 5 atom stereocenters. The SMILES string of the molecule is CCOc1ccc2c3c1O[C@H]1[C@@H](O)C=CC4C(C2)N(C)CCC341. The number of hydrogen-bond donors (Lipinski definition) is 1. The maximum Gasteiger partial charge on any atom is 0.165 e. The molecular weight excluding hydrogens is 290 g/mol. The summed E-state index contributed by atoms with van der Waals surface area (Å²) in [6.45, 7) is 3.68. The second-order valence-corrected chi connectivity index (χ2v) is 7.34. The normalized spacial score (nSPS) is 39.8. The predicted molar refractivity (Wildman–Crippen MR) is 87.1 cm³/mol. The topological polar surface area (TPSA) is 41.9 Å². The minimum atomic E-state index is -0.539. The second kappa shape index (κ2) is 4.52. The lowest BCUT2D eigenvalue weighted by atomic mass is 9.53. The average Bonchev–Trinajstić information content (AvgIpc) is 2.90. The second-order valence-electron chi connectivity index (χ2n) is 7.34. The average molecular weight is 313 g/mol. The highest BCUT2D eigenvalue weighted by atomic mass is 16.5. The van der Waals surface area contributed by atoms with E-state index in [2.05, 4.69) is 24.1 Å². The van der Waals surface area contributed by atoms with Crippen LogP contribution in [-0.2, 0) is 11.8 Å². The van der Waals surface area contributed by atoms with Crippen LogP contribution in [0, 0.1) is 5.92 Å². The van der Waals surface area contributed by atoms with Crippen molar-refractivity contribution in [3.8, 4) is 11.5 Å². The summed E-state index contributed by atoms with van der Waals surface area (Å²) >= 11 is 0. The Labute approximate surface area is 136 Å². The Bertz CT molecular complexity index is 700. The van der Waals surface area contributed by atoms with Crippen LogP contribution in [0.2, 0.25) is 0 Å². The molecule has 2 aliphatic heterocycles. The van der Waals surface area contributed by atoms with E-state index in [-0.39, 0.29) is 11.5 Å². The molecular formula is C19H23NO3. The third-order valence-electron chi connectivity index (χ3n) is 6.43. The van der Waals surface area contributed by atoms with Crippen LogP contribution in [0.5, 0.6) is 11.5 Å². The van der Waals surface area contributed by atoms with E-state index in [1.54, 1.807) is 0 Å². The van der Waals surface area contributed by atoms with Gasteiger partial charge in [-0.05, 0) is 45.0 Å². The zero-order valence-corrected chi connectivity index (χ0v) is 13.7. The monoisotopic (exact) mass is 313 g/mol. The molecule has 0 saturated carbocycles. The fraction of sp³-hybridized carbons (Fsp3) is 0.579. The molecule has 4 nitrogen and oxygen atoms in total. The van der Waals surface area contributed by atoms with Crippen LogP contribution in [0.15, 0.2) is 24.3 Å². The Balaban J connectivity index is 1.78. The van der Waals surface area contributed by atoms with Crippen molar-refractivity contribution >= 4 is 0 Å². The fourth-order valence-corrected chi connectivity index (χ4v) is 5.50. The summed E-state index contributed by atoms with van der Waals surface area (Å²) in [5, 5.41) is 10.6. The van der Waals surface area contributed by atoms with Crippen LogP contribution in [-0.4, -0.2) is 48.5 Å². The van der Waals surface area contributed by atoms with E-state index in [0.717, 1.165) is 30.9 Å². The largest absolute Gasteiger partial charge is 0.490 e. The number of ether oxygens (including phenoxy) is 2. The van der Waals surface area contributed by atoms with Gasteiger partial charge in [-0.15, -0.1) is 0 Å². The van der Waals surface area contributed by atoms with Crippen LogP contribution < -0.4 is 9.47 Å². The minimum absolute atomic E-state index is 0.0820. The van der Waals surface area contributed by atoms with E-state index in [1.807, 2.05) is 19.1 Å². The highest BCUT2D eigenvalue weighted by Gasteiger charge is 2.64. The van der Waals surface area contributed by atoms with Crippen LogP contribution >= 0.6 is 0 Å². The zero-order chi connectivity index (χ0) is 15.8. The molecule has 0 aromatic heterocycles. The van der Waals surface area contributed by atoms with Crippen molar-refractivity contribution in [2.24, 2.45) is 5.92 Å². The number of likely N-dealkylation sites (tertiary alicyclic amines) is 1. The Hall–Kier alpha value is -1.52. The summed E-state index contributed by atoms with van der Waals surface area (Å²) < 4.78 is 12.2. The summed E-state index contributed by atoms with van der Waals surface area (Å²) in [5.41, 5.74) is 2.62. The number of rotatable bonds is 2. The van der Waals surface area contributed by atoms with E-state index in [4.69, 9.17) is 9.47 Å². The first-order valence-electron chi connectivity index (χ1n) is 8.69. The van der Waals surface area contributed by atoms with Gasteiger partial charge in [0.1, 0.15) is 12.2 Å². The van der Waals surface area contributed by atoms with Crippen LogP contribution in [0.3, 0.4) is 0 Å². The number of nitrogens with zero attached hydrogens (tertiary/aromatic N) is 1. The van der Waals surface area contributed by atoms with Gasteiger partial charge in [-0.1, -0.05) is 18.2 Å². The van der Waals surface area contributed by atoms with Gasteiger partial charge in [-0.2, -0.15) is 0 Å². The van der Waals surface area contributed by atoms with Crippen LogP contribution in [0.25, 0.3) is 0 Å². The lowest BCUT2D eigenvalue weighted by Gasteiger charge is -2.56. The lowest BCUT2D eigenvalue weighted by Crippen LogP contribution is -2.64. The van der Waals surface area contributed by atoms with Gasteiger partial charge in [0.15, 0.2) is 11.5 Å².